The Bertz CT molecular complexity index is 98.7. The van der Waals surface area contributed by atoms with Gasteiger partial charge in [0.25, 0.3) is 0 Å². The Hall–Kier alpha value is 0.210. The number of rotatable bonds is 4. The van der Waals surface area contributed by atoms with Gasteiger partial charge in [-0.25, -0.2) is 0 Å². The van der Waals surface area contributed by atoms with Gasteiger partial charge >= 0.3 is 0 Å². The van der Waals surface area contributed by atoms with E-state index in [1.165, 1.54) is 0 Å². The molecule has 0 fully saturated rings. The predicted molar refractivity (Wildman–Crippen MR) is 55.5 cm³/mol. The van der Waals surface area contributed by atoms with Crippen LogP contribution in [0.15, 0.2) is 0 Å². The summed E-state index contributed by atoms with van der Waals surface area (Å²) in [5.74, 6) is 1.54. The molecule has 3 N–H and O–H groups in total. The molecular weight excluding hydrogens is 174 g/mol. The summed E-state index contributed by atoms with van der Waals surface area (Å²) in [6.45, 7) is 8.71. The molecule has 0 saturated carbocycles. The number of hydrogen-bond acceptors (Lipinski definition) is 2. The molecule has 0 saturated heterocycles. The minimum Gasteiger partial charge on any atom is -0.395 e. The number of nitrogens with two attached hydrogens (primary N) is 1. The summed E-state index contributed by atoms with van der Waals surface area (Å²) in [5, 5.41) is 8.88. The maximum Gasteiger partial charge on any atom is 0.0585 e. The van der Waals surface area contributed by atoms with Crippen LogP contribution in [0.25, 0.3) is 0 Å². The fraction of sp³-hybridized carbons (Fsp3) is 1.00. The van der Waals surface area contributed by atoms with E-state index in [9.17, 15) is 0 Å². The van der Waals surface area contributed by atoms with Crippen molar-refractivity contribution in [3.05, 3.63) is 0 Å². The van der Waals surface area contributed by atoms with Crippen LogP contribution < -0.4 is 5.73 Å². The molecule has 3 heteroatoms. The molecule has 0 bridgehead atoms. The van der Waals surface area contributed by atoms with Crippen molar-refractivity contribution in [3.8, 4) is 0 Å². The van der Waals surface area contributed by atoms with Gasteiger partial charge in [0.15, 0.2) is 0 Å². The van der Waals surface area contributed by atoms with Gasteiger partial charge < -0.3 is 10.8 Å². The predicted octanol–water partition coefficient (Wildman–Crippen LogP) is 1.66. The zero-order chi connectivity index (χ0) is 9.02. The van der Waals surface area contributed by atoms with E-state index >= 15 is 0 Å². The van der Waals surface area contributed by atoms with Crippen molar-refractivity contribution in [1.82, 2.24) is 0 Å². The van der Waals surface area contributed by atoms with Crippen molar-refractivity contribution in [2.75, 3.05) is 6.61 Å². The smallest absolute Gasteiger partial charge is 0.0585 e. The third-order valence-electron chi connectivity index (χ3n) is 2.24. The molecule has 1 unspecified atom stereocenters. The fourth-order valence-corrected chi connectivity index (χ4v) is 1.88. The summed E-state index contributed by atoms with van der Waals surface area (Å²) in [7, 11) is 0. The highest BCUT2D eigenvalue weighted by Gasteiger charge is 2.23. The summed E-state index contributed by atoms with van der Waals surface area (Å²) in [4.78, 5) is 0. The number of aliphatic hydroxyl groups is 1. The first kappa shape index (κ1) is 14.7. The molecule has 0 aliphatic rings. The number of hydrogen-bond donors (Lipinski definition) is 2. The van der Waals surface area contributed by atoms with E-state index in [0.717, 1.165) is 0 Å². The Morgan fingerprint density at radius 3 is 1.50 bits per heavy atom. The maximum absolute atomic E-state index is 8.88. The molecule has 2 nitrogen and oxygen atoms in total. The Balaban J connectivity index is 0. The van der Waals surface area contributed by atoms with E-state index < -0.39 is 0 Å². The summed E-state index contributed by atoms with van der Waals surface area (Å²) < 4.78 is 0. The second-order valence-corrected chi connectivity index (χ2v) is 3.91. The number of halogens is 1. The van der Waals surface area contributed by atoms with E-state index in [2.05, 4.69) is 27.7 Å². The topological polar surface area (TPSA) is 46.2 Å². The van der Waals surface area contributed by atoms with Crippen molar-refractivity contribution < 1.29 is 5.11 Å². The summed E-state index contributed by atoms with van der Waals surface area (Å²) in [6.07, 6.45) is 0. The van der Waals surface area contributed by atoms with Crippen molar-refractivity contribution in [2.45, 2.75) is 33.7 Å². The first-order valence-corrected chi connectivity index (χ1v) is 4.37. The molecule has 76 valence electrons. The minimum absolute atomic E-state index is 0. The van der Waals surface area contributed by atoms with Crippen LogP contribution in [0.4, 0.5) is 0 Å². The molecule has 0 radical (unpaired) electrons. The SMILES string of the molecule is CC(C)C(C(C)C)C(N)CO.Cl. The Morgan fingerprint density at radius 1 is 1.08 bits per heavy atom. The molecule has 12 heavy (non-hydrogen) atoms. The highest BCUT2D eigenvalue weighted by molar-refractivity contribution is 5.85. The molecule has 0 aromatic carbocycles. The molecule has 1 atom stereocenters. The minimum atomic E-state index is -0.0602. The molecule has 0 aromatic rings. The van der Waals surface area contributed by atoms with Crippen molar-refractivity contribution in [3.63, 3.8) is 0 Å². The lowest BCUT2D eigenvalue weighted by Crippen LogP contribution is -2.39. The van der Waals surface area contributed by atoms with E-state index in [0.29, 0.717) is 17.8 Å². The summed E-state index contributed by atoms with van der Waals surface area (Å²) in [6, 6.07) is -0.0602. The van der Waals surface area contributed by atoms with Crippen molar-refractivity contribution >= 4 is 12.4 Å². The van der Waals surface area contributed by atoms with Crippen molar-refractivity contribution in [1.29, 1.82) is 0 Å². The van der Waals surface area contributed by atoms with Gasteiger partial charge in [-0.05, 0) is 17.8 Å². The van der Waals surface area contributed by atoms with Gasteiger partial charge in [-0.1, -0.05) is 27.7 Å². The van der Waals surface area contributed by atoms with Crippen LogP contribution in [0.2, 0.25) is 0 Å². The van der Waals surface area contributed by atoms with Gasteiger partial charge in [0.1, 0.15) is 0 Å². The normalized spacial score (nSPS) is 13.8. The second kappa shape index (κ2) is 6.70. The average molecular weight is 196 g/mol. The van der Waals surface area contributed by atoms with Crippen LogP contribution in [-0.4, -0.2) is 17.8 Å². The first-order chi connectivity index (χ1) is 5.00. The Morgan fingerprint density at radius 2 is 1.42 bits per heavy atom. The lowest BCUT2D eigenvalue weighted by molar-refractivity contribution is 0.163. The van der Waals surface area contributed by atoms with Crippen LogP contribution in [0, 0.1) is 17.8 Å². The molecule has 0 aromatic heterocycles. The Labute approximate surface area is 81.9 Å². The quantitative estimate of drug-likeness (QED) is 0.717. The highest BCUT2D eigenvalue weighted by Crippen LogP contribution is 2.22. The lowest BCUT2D eigenvalue weighted by atomic mass is 9.80. The third kappa shape index (κ3) is 4.29. The van der Waals surface area contributed by atoms with Crippen LogP contribution in [0.1, 0.15) is 27.7 Å². The standard InChI is InChI=1S/C9H21NO.ClH/c1-6(2)9(7(3)4)8(10)5-11;/h6-9,11H,5,10H2,1-4H3;1H. The highest BCUT2D eigenvalue weighted by atomic mass is 35.5. The molecule has 0 spiro atoms. The monoisotopic (exact) mass is 195 g/mol. The summed E-state index contributed by atoms with van der Waals surface area (Å²) >= 11 is 0. The Kier molecular flexibility index (Phi) is 8.21. The zero-order valence-corrected chi connectivity index (χ0v) is 9.27. The molecule has 0 aliphatic carbocycles. The maximum atomic E-state index is 8.88. The number of aliphatic hydroxyl groups excluding tert-OH is 1. The largest absolute Gasteiger partial charge is 0.395 e. The third-order valence-corrected chi connectivity index (χ3v) is 2.24. The molecule has 0 aliphatic heterocycles. The first-order valence-electron chi connectivity index (χ1n) is 4.37. The second-order valence-electron chi connectivity index (χ2n) is 3.91. The molecule has 0 heterocycles. The van der Waals surface area contributed by atoms with Gasteiger partial charge in [-0.15, -0.1) is 12.4 Å². The van der Waals surface area contributed by atoms with Crippen LogP contribution >= 0.6 is 12.4 Å². The molecule has 0 amide bonds. The van der Waals surface area contributed by atoms with Crippen LogP contribution in [0.3, 0.4) is 0 Å². The lowest BCUT2D eigenvalue weighted by Gasteiger charge is -2.29. The van der Waals surface area contributed by atoms with Crippen LogP contribution in [0.5, 0.6) is 0 Å². The van der Waals surface area contributed by atoms with E-state index in [-0.39, 0.29) is 25.1 Å². The average Bonchev–Trinajstić information content (AvgIpc) is 1.85. The van der Waals surface area contributed by atoms with Gasteiger partial charge in [-0.3, -0.25) is 0 Å². The van der Waals surface area contributed by atoms with Gasteiger partial charge in [0.2, 0.25) is 0 Å². The van der Waals surface area contributed by atoms with Gasteiger partial charge in [0, 0.05) is 6.04 Å². The zero-order valence-electron chi connectivity index (χ0n) is 8.45. The van der Waals surface area contributed by atoms with E-state index in [1.54, 1.807) is 0 Å². The fourth-order valence-electron chi connectivity index (χ4n) is 1.88. The summed E-state index contributed by atoms with van der Waals surface area (Å²) in [5.41, 5.74) is 5.77. The van der Waals surface area contributed by atoms with E-state index in [4.69, 9.17) is 10.8 Å². The van der Waals surface area contributed by atoms with Gasteiger partial charge in [-0.2, -0.15) is 0 Å². The van der Waals surface area contributed by atoms with Crippen molar-refractivity contribution in [2.24, 2.45) is 23.5 Å². The molecular formula is C9H22ClNO. The molecule has 0 rings (SSSR count). The van der Waals surface area contributed by atoms with Crippen LogP contribution in [-0.2, 0) is 0 Å². The van der Waals surface area contributed by atoms with E-state index in [1.807, 2.05) is 0 Å². The van der Waals surface area contributed by atoms with Gasteiger partial charge in [0.05, 0.1) is 6.61 Å².